The lowest BCUT2D eigenvalue weighted by Crippen LogP contribution is -2.30. The van der Waals surface area contributed by atoms with Crippen molar-refractivity contribution in [3.8, 4) is 0 Å². The summed E-state index contributed by atoms with van der Waals surface area (Å²) in [5.74, 6) is -0.575. The number of phosphoric acid groups is 2. The fourth-order valence-corrected chi connectivity index (χ4v) is 14.3. The molecule has 0 aromatic rings. The van der Waals surface area contributed by atoms with Gasteiger partial charge >= 0.3 is 39.5 Å². The molecule has 3 N–H and O–H groups in total. The molecule has 5 atom stereocenters. The molecule has 0 aliphatic heterocycles. The first kappa shape index (κ1) is 99.1. The number of phosphoric ester groups is 2. The lowest BCUT2D eigenvalue weighted by atomic mass is 10.0. The van der Waals surface area contributed by atoms with Crippen LogP contribution in [0.3, 0.4) is 0 Å². The topological polar surface area (TPSA) is 237 Å². The Balaban J connectivity index is 5.13. The van der Waals surface area contributed by atoms with Gasteiger partial charge < -0.3 is 33.8 Å². The lowest BCUT2D eigenvalue weighted by Gasteiger charge is -2.21. The van der Waals surface area contributed by atoms with Crippen LogP contribution in [0.2, 0.25) is 0 Å². The number of rotatable bonds is 81. The summed E-state index contributed by atoms with van der Waals surface area (Å²) in [5.41, 5.74) is 0. The molecule has 0 bridgehead atoms. The summed E-state index contributed by atoms with van der Waals surface area (Å²) in [6, 6.07) is 0. The van der Waals surface area contributed by atoms with E-state index < -0.39 is 97.5 Å². The van der Waals surface area contributed by atoms with Crippen LogP contribution in [0.15, 0.2) is 0 Å². The van der Waals surface area contributed by atoms with Gasteiger partial charge in [0.25, 0.3) is 0 Å². The largest absolute Gasteiger partial charge is 0.472 e. The number of unbranched alkanes of at least 4 members (excludes halogenated alkanes) is 51. The molecule has 2 unspecified atom stereocenters. The Morgan fingerprint density at radius 2 is 0.455 bits per heavy atom. The minimum absolute atomic E-state index is 0.104. The molecule has 0 heterocycles. The Bertz CT molecular complexity index is 1940. The molecule has 0 aromatic heterocycles. The van der Waals surface area contributed by atoms with Gasteiger partial charge in [-0.15, -0.1) is 0 Å². The molecular formula is C82H160O17P2. The van der Waals surface area contributed by atoms with Gasteiger partial charge in [0.05, 0.1) is 26.4 Å². The van der Waals surface area contributed by atoms with E-state index in [9.17, 15) is 43.2 Å². The van der Waals surface area contributed by atoms with Crippen LogP contribution in [0, 0.1) is 11.8 Å². The maximum atomic E-state index is 13.1. The molecular weight excluding hydrogens is 1320 g/mol. The first-order chi connectivity index (χ1) is 48.9. The van der Waals surface area contributed by atoms with Gasteiger partial charge in [-0.1, -0.05) is 382 Å². The maximum absolute atomic E-state index is 13.1. The minimum Gasteiger partial charge on any atom is -0.462 e. The second-order valence-corrected chi connectivity index (χ2v) is 33.4. The number of ether oxygens (including phenoxy) is 4. The molecule has 101 heavy (non-hydrogen) atoms. The molecule has 0 amide bonds. The molecule has 0 aliphatic carbocycles. The second-order valence-electron chi connectivity index (χ2n) is 30.5. The van der Waals surface area contributed by atoms with E-state index >= 15 is 0 Å². The number of hydrogen-bond donors (Lipinski definition) is 3. The third-order valence-electron chi connectivity index (χ3n) is 19.2. The molecule has 0 saturated heterocycles. The smallest absolute Gasteiger partial charge is 0.462 e. The van der Waals surface area contributed by atoms with Gasteiger partial charge in [0.15, 0.2) is 12.2 Å². The van der Waals surface area contributed by atoms with Crippen LogP contribution in [0.5, 0.6) is 0 Å². The summed E-state index contributed by atoms with van der Waals surface area (Å²) in [6.45, 7) is 9.58. The molecule has 0 spiro atoms. The maximum Gasteiger partial charge on any atom is 0.472 e. The Labute approximate surface area is 619 Å². The summed E-state index contributed by atoms with van der Waals surface area (Å²) in [6.07, 6.45) is 64.4. The van der Waals surface area contributed by atoms with Crippen molar-refractivity contribution in [2.45, 2.75) is 452 Å². The van der Waals surface area contributed by atoms with Crippen LogP contribution in [0.25, 0.3) is 0 Å². The monoisotopic (exact) mass is 1480 g/mol. The van der Waals surface area contributed by atoms with Gasteiger partial charge in [-0.3, -0.25) is 37.3 Å². The van der Waals surface area contributed by atoms with Crippen molar-refractivity contribution in [2.24, 2.45) is 11.8 Å². The number of esters is 4. The Morgan fingerprint density at radius 3 is 0.673 bits per heavy atom. The van der Waals surface area contributed by atoms with Gasteiger partial charge in [-0.25, -0.2) is 9.13 Å². The van der Waals surface area contributed by atoms with E-state index in [1.165, 1.54) is 238 Å². The standard InChI is InChI=1S/C82H160O17P2/c1-7-9-11-13-15-16-17-18-19-20-21-22-23-24-29-32-35-38-41-48-54-60-66-81(86)98-78(71-93-80(85)65-59-53-47-40-37-34-31-28-26-25-27-30-33-36-39-45-50-56-62-74(3)4)73-97-101(90,91)95-69-76(83)68-94-100(88,89)96-72-77(70-92-79(84)64-58-52-44-14-12-10-8-2)99-82(87)67-61-55-49-43-42-46-51-57-63-75(5)6/h74-78,83H,7-73H2,1-6H3,(H,88,89)(H,90,91)/t76-,77+,78+/m0/s1. The third-order valence-corrected chi connectivity index (χ3v) is 21.1. The molecule has 17 nitrogen and oxygen atoms in total. The molecule has 0 aliphatic rings. The minimum atomic E-state index is -4.96. The predicted molar refractivity (Wildman–Crippen MR) is 414 cm³/mol. The highest BCUT2D eigenvalue weighted by Gasteiger charge is 2.30. The van der Waals surface area contributed by atoms with Crippen molar-refractivity contribution in [1.82, 2.24) is 0 Å². The highest BCUT2D eigenvalue weighted by Crippen LogP contribution is 2.45. The number of carbonyl (C=O) groups is 4. The van der Waals surface area contributed by atoms with Crippen molar-refractivity contribution in [1.29, 1.82) is 0 Å². The first-order valence-corrected chi connectivity index (χ1v) is 45.5. The molecule has 19 heteroatoms. The molecule has 600 valence electrons. The van der Waals surface area contributed by atoms with Crippen LogP contribution < -0.4 is 0 Å². The molecule has 0 aromatic carbocycles. The average molecular weight is 1480 g/mol. The molecule has 0 rings (SSSR count). The Morgan fingerprint density at radius 1 is 0.267 bits per heavy atom. The van der Waals surface area contributed by atoms with E-state index in [4.69, 9.17) is 37.0 Å². The van der Waals surface area contributed by atoms with Crippen molar-refractivity contribution >= 4 is 39.5 Å². The highest BCUT2D eigenvalue weighted by molar-refractivity contribution is 7.47. The number of aliphatic hydroxyl groups excluding tert-OH is 1. The van der Waals surface area contributed by atoms with Gasteiger partial charge in [0.1, 0.15) is 19.3 Å². The van der Waals surface area contributed by atoms with Crippen molar-refractivity contribution in [3.63, 3.8) is 0 Å². The summed E-state index contributed by atoms with van der Waals surface area (Å²) in [7, 11) is -9.91. The fraction of sp³-hybridized carbons (Fsp3) is 0.951. The summed E-state index contributed by atoms with van der Waals surface area (Å²) in [5, 5.41) is 10.6. The number of aliphatic hydroxyl groups is 1. The zero-order chi connectivity index (χ0) is 74.2. The SMILES string of the molecule is CCCCCCCCCCCCCCCCCCCCCCCCC(=O)O[C@H](COC(=O)CCCCCCCCCCCCCCCCCCCCC(C)C)COP(=O)(O)OC[C@@H](O)COP(=O)(O)OC[C@@H](COC(=O)CCCCCCCCC)OC(=O)CCCCCCCCCCC(C)C. The Kier molecular flexibility index (Phi) is 72.2. The normalized spacial score (nSPS) is 13.9. The van der Waals surface area contributed by atoms with E-state index in [-0.39, 0.29) is 25.7 Å². The average Bonchev–Trinajstić information content (AvgIpc) is 0.965. The van der Waals surface area contributed by atoms with Gasteiger partial charge in [-0.2, -0.15) is 0 Å². The third kappa shape index (κ3) is 76.1. The van der Waals surface area contributed by atoms with Crippen LogP contribution >= 0.6 is 15.6 Å². The second kappa shape index (κ2) is 73.6. The molecule has 0 saturated carbocycles. The van der Waals surface area contributed by atoms with E-state index in [1.807, 2.05) is 0 Å². The van der Waals surface area contributed by atoms with Gasteiger partial charge in [-0.05, 0) is 37.5 Å². The van der Waals surface area contributed by atoms with Crippen LogP contribution in [0.4, 0.5) is 0 Å². The highest BCUT2D eigenvalue weighted by atomic mass is 31.2. The fourth-order valence-electron chi connectivity index (χ4n) is 12.7. The predicted octanol–water partition coefficient (Wildman–Crippen LogP) is 24.7. The van der Waals surface area contributed by atoms with Crippen molar-refractivity contribution < 1.29 is 80.2 Å². The molecule has 0 radical (unpaired) electrons. The number of carbonyl (C=O) groups excluding carboxylic acids is 4. The van der Waals surface area contributed by atoms with E-state index in [2.05, 4.69) is 41.5 Å². The summed E-state index contributed by atoms with van der Waals surface area (Å²) in [4.78, 5) is 72.8. The van der Waals surface area contributed by atoms with Crippen LogP contribution in [0.1, 0.15) is 433 Å². The zero-order valence-electron chi connectivity index (χ0n) is 66.2. The van der Waals surface area contributed by atoms with Crippen LogP contribution in [-0.2, 0) is 65.4 Å². The first-order valence-electron chi connectivity index (χ1n) is 42.5. The Hall–Kier alpha value is -1.94. The lowest BCUT2D eigenvalue weighted by molar-refractivity contribution is -0.161. The summed E-state index contributed by atoms with van der Waals surface area (Å²) >= 11 is 0. The van der Waals surface area contributed by atoms with E-state index in [0.29, 0.717) is 25.7 Å². The zero-order valence-corrected chi connectivity index (χ0v) is 68.0. The number of hydrogen-bond acceptors (Lipinski definition) is 15. The van der Waals surface area contributed by atoms with Crippen LogP contribution in [-0.4, -0.2) is 96.7 Å². The molecule has 0 fully saturated rings. The summed E-state index contributed by atoms with van der Waals surface area (Å²) < 4.78 is 68.5. The van der Waals surface area contributed by atoms with Crippen molar-refractivity contribution in [3.05, 3.63) is 0 Å². The van der Waals surface area contributed by atoms with E-state index in [1.54, 1.807) is 0 Å². The van der Waals surface area contributed by atoms with Gasteiger partial charge in [0.2, 0.25) is 0 Å². The van der Waals surface area contributed by atoms with Gasteiger partial charge in [0, 0.05) is 25.7 Å². The van der Waals surface area contributed by atoms with E-state index in [0.717, 1.165) is 115 Å². The quantitative estimate of drug-likeness (QED) is 0.0222. The van der Waals surface area contributed by atoms with Crippen molar-refractivity contribution in [2.75, 3.05) is 39.6 Å².